The number of hydrogen-bond donors (Lipinski definition) is 0. The minimum absolute atomic E-state index is 0.189. The molecule has 0 amide bonds. The lowest BCUT2D eigenvalue weighted by atomic mass is 10.2. The first kappa shape index (κ1) is 22.2. The normalized spacial score (nSPS) is 11.3. The zero-order valence-corrected chi connectivity index (χ0v) is 19.8. The Kier molecular flexibility index (Phi) is 7.02. The molecule has 32 heavy (non-hydrogen) atoms. The van der Waals surface area contributed by atoms with Crippen molar-refractivity contribution in [3.63, 3.8) is 0 Å². The number of rotatable bonds is 7. The molecule has 1 heterocycles. The molecule has 0 saturated heterocycles. The lowest BCUT2D eigenvalue weighted by molar-refractivity contribution is 0.306. The van der Waals surface area contributed by atoms with E-state index in [0.29, 0.717) is 40.5 Å². The Bertz CT molecular complexity index is 1330. The van der Waals surface area contributed by atoms with Gasteiger partial charge in [-0.05, 0) is 60.0 Å². The molecular formula is C25H21BrClN3O2. The first-order valence-corrected chi connectivity index (χ1v) is 11.4. The average Bonchev–Trinajstić information content (AvgIpc) is 2.79. The minimum Gasteiger partial charge on any atom is -0.489 e. The van der Waals surface area contributed by atoms with E-state index in [1.807, 2.05) is 67.6 Å². The van der Waals surface area contributed by atoms with Crippen LogP contribution in [0, 0.1) is 0 Å². The Morgan fingerprint density at radius 1 is 1.12 bits per heavy atom. The van der Waals surface area contributed by atoms with Crippen molar-refractivity contribution >= 4 is 44.6 Å². The Morgan fingerprint density at radius 2 is 1.94 bits per heavy atom. The van der Waals surface area contributed by atoms with Crippen LogP contribution < -0.4 is 10.3 Å². The quantitative estimate of drug-likeness (QED) is 0.277. The molecule has 0 aliphatic carbocycles. The second-order valence-corrected chi connectivity index (χ2v) is 8.64. The van der Waals surface area contributed by atoms with Crippen molar-refractivity contribution in [2.45, 2.75) is 26.4 Å². The third kappa shape index (κ3) is 5.26. The van der Waals surface area contributed by atoms with Crippen molar-refractivity contribution in [2.75, 3.05) is 0 Å². The zero-order chi connectivity index (χ0) is 22.5. The molecular weight excluding hydrogens is 490 g/mol. The first-order valence-electron chi connectivity index (χ1n) is 10.3. The van der Waals surface area contributed by atoms with Crippen molar-refractivity contribution in [1.82, 2.24) is 9.66 Å². The molecule has 0 aliphatic rings. The number of benzene rings is 3. The summed E-state index contributed by atoms with van der Waals surface area (Å²) in [7, 11) is 0. The monoisotopic (exact) mass is 509 g/mol. The second kappa shape index (κ2) is 10.1. The van der Waals surface area contributed by atoms with Gasteiger partial charge < -0.3 is 4.74 Å². The summed E-state index contributed by atoms with van der Waals surface area (Å²) in [6.45, 7) is 2.48. The van der Waals surface area contributed by atoms with Crippen molar-refractivity contribution in [3.05, 3.63) is 104 Å². The summed E-state index contributed by atoms with van der Waals surface area (Å²) in [6, 6.07) is 20.6. The third-order valence-electron chi connectivity index (χ3n) is 4.85. The number of hydrogen-bond acceptors (Lipinski definition) is 4. The van der Waals surface area contributed by atoms with E-state index in [9.17, 15) is 4.79 Å². The molecule has 4 rings (SSSR count). The maximum atomic E-state index is 13.1. The summed E-state index contributed by atoms with van der Waals surface area (Å²) in [5.74, 6) is 1.35. The largest absolute Gasteiger partial charge is 0.489 e. The van der Waals surface area contributed by atoms with Gasteiger partial charge in [0.25, 0.3) is 5.56 Å². The number of ether oxygens (including phenoxy) is 1. The molecule has 0 radical (unpaired) electrons. The fraction of sp³-hybridized carbons (Fsp3) is 0.160. The van der Waals surface area contributed by atoms with Crippen LogP contribution in [0.15, 0.2) is 81.1 Å². The molecule has 5 nitrogen and oxygen atoms in total. The van der Waals surface area contributed by atoms with Crippen molar-refractivity contribution in [1.29, 1.82) is 0 Å². The fourth-order valence-corrected chi connectivity index (χ4v) is 3.74. The van der Waals surface area contributed by atoms with Crippen molar-refractivity contribution in [3.8, 4) is 5.75 Å². The van der Waals surface area contributed by atoms with Gasteiger partial charge in [-0.1, -0.05) is 58.7 Å². The van der Waals surface area contributed by atoms with Gasteiger partial charge in [0.15, 0.2) is 0 Å². The van der Waals surface area contributed by atoms with Gasteiger partial charge in [-0.15, -0.1) is 0 Å². The number of nitrogens with zero attached hydrogens (tertiary/aromatic N) is 3. The fourth-order valence-electron chi connectivity index (χ4n) is 3.26. The molecule has 0 atom stereocenters. The Balaban J connectivity index is 1.60. The summed E-state index contributed by atoms with van der Waals surface area (Å²) in [6.07, 6.45) is 3.17. The molecule has 7 heteroatoms. The van der Waals surface area contributed by atoms with Gasteiger partial charge in [0.05, 0.1) is 17.1 Å². The van der Waals surface area contributed by atoms with Crippen LogP contribution in [0.3, 0.4) is 0 Å². The number of fused-ring (bicyclic) bond motifs is 1. The molecule has 0 bridgehead atoms. The number of aromatic nitrogens is 2. The molecule has 1 aromatic heterocycles. The first-order chi connectivity index (χ1) is 15.5. The summed E-state index contributed by atoms with van der Waals surface area (Å²) in [5.41, 5.74) is 2.33. The van der Waals surface area contributed by atoms with E-state index in [0.717, 1.165) is 22.0 Å². The van der Waals surface area contributed by atoms with Gasteiger partial charge in [0.1, 0.15) is 18.2 Å². The van der Waals surface area contributed by atoms with E-state index < -0.39 is 0 Å². The predicted octanol–water partition coefficient (Wildman–Crippen LogP) is 6.23. The van der Waals surface area contributed by atoms with E-state index in [4.69, 9.17) is 16.3 Å². The van der Waals surface area contributed by atoms with Crippen LogP contribution in [-0.4, -0.2) is 15.9 Å². The lowest BCUT2D eigenvalue weighted by Gasteiger charge is -2.09. The molecule has 0 spiro atoms. The van der Waals surface area contributed by atoms with E-state index in [2.05, 4.69) is 26.0 Å². The van der Waals surface area contributed by atoms with Crippen LogP contribution in [0.2, 0.25) is 5.02 Å². The Hall–Kier alpha value is -2.96. The van der Waals surface area contributed by atoms with E-state index >= 15 is 0 Å². The number of halogens is 2. The van der Waals surface area contributed by atoms with Crippen LogP contribution in [0.25, 0.3) is 10.9 Å². The third-order valence-corrected chi connectivity index (χ3v) is 5.59. The zero-order valence-electron chi connectivity index (χ0n) is 17.5. The molecule has 162 valence electrons. The Labute approximate surface area is 199 Å². The summed E-state index contributed by atoms with van der Waals surface area (Å²) in [4.78, 5) is 17.8. The van der Waals surface area contributed by atoms with Crippen molar-refractivity contribution in [2.24, 2.45) is 5.10 Å². The van der Waals surface area contributed by atoms with Gasteiger partial charge in [-0.25, -0.2) is 4.98 Å². The highest BCUT2D eigenvalue weighted by Gasteiger charge is 2.10. The smallest absolute Gasteiger partial charge is 0.282 e. The summed E-state index contributed by atoms with van der Waals surface area (Å²) in [5, 5.41) is 5.69. The van der Waals surface area contributed by atoms with Crippen LogP contribution in [-0.2, 0) is 13.0 Å². The van der Waals surface area contributed by atoms with Crippen LogP contribution in [0.1, 0.15) is 30.3 Å². The van der Waals surface area contributed by atoms with E-state index in [-0.39, 0.29) is 5.56 Å². The van der Waals surface area contributed by atoms with Crippen LogP contribution >= 0.6 is 27.5 Å². The maximum absolute atomic E-state index is 13.1. The summed E-state index contributed by atoms with van der Waals surface area (Å²) < 4.78 is 8.11. The highest BCUT2D eigenvalue weighted by molar-refractivity contribution is 9.10. The topological polar surface area (TPSA) is 56.5 Å². The minimum atomic E-state index is -0.189. The summed E-state index contributed by atoms with van der Waals surface area (Å²) >= 11 is 9.35. The maximum Gasteiger partial charge on any atom is 0.282 e. The van der Waals surface area contributed by atoms with E-state index in [1.165, 1.54) is 4.68 Å². The lowest BCUT2D eigenvalue weighted by Crippen LogP contribution is -2.22. The molecule has 0 N–H and O–H groups in total. The van der Waals surface area contributed by atoms with Gasteiger partial charge in [-0.2, -0.15) is 9.78 Å². The number of aryl methyl sites for hydroxylation is 1. The molecule has 0 saturated carbocycles. The Morgan fingerprint density at radius 3 is 2.72 bits per heavy atom. The second-order valence-electron chi connectivity index (χ2n) is 7.29. The molecule has 0 aliphatic heterocycles. The molecule has 0 unspecified atom stereocenters. The average molecular weight is 511 g/mol. The molecule has 0 fully saturated rings. The predicted molar refractivity (Wildman–Crippen MR) is 133 cm³/mol. The van der Waals surface area contributed by atoms with Crippen molar-refractivity contribution < 1.29 is 4.74 Å². The van der Waals surface area contributed by atoms with Gasteiger partial charge >= 0.3 is 0 Å². The van der Waals surface area contributed by atoms with Crippen LogP contribution in [0.5, 0.6) is 5.75 Å². The van der Waals surface area contributed by atoms with Gasteiger partial charge in [0.2, 0.25) is 0 Å². The van der Waals surface area contributed by atoms with Gasteiger partial charge in [-0.3, -0.25) is 4.79 Å². The standard InChI is InChI=1S/C25H21BrClN3O2/c1-2-4-24-29-23-12-9-19(26)14-22(23)25(31)30(24)28-15-18-5-3-6-21(13-18)32-16-17-7-10-20(27)11-8-17/h3,5-15H,2,4,16H2,1H3. The van der Waals surface area contributed by atoms with E-state index in [1.54, 1.807) is 12.3 Å². The van der Waals surface area contributed by atoms with Crippen LogP contribution in [0.4, 0.5) is 0 Å². The highest BCUT2D eigenvalue weighted by atomic mass is 79.9. The van der Waals surface area contributed by atoms with Gasteiger partial charge in [0, 0.05) is 15.9 Å². The molecule has 3 aromatic carbocycles. The SMILES string of the molecule is CCCc1nc2ccc(Br)cc2c(=O)n1N=Cc1cccc(OCc2ccc(Cl)cc2)c1. The molecule has 4 aromatic rings. The highest BCUT2D eigenvalue weighted by Crippen LogP contribution is 2.18.